The minimum Gasteiger partial charge on any atom is -0.339 e. The van der Waals surface area contributed by atoms with Gasteiger partial charge in [-0.05, 0) is 18.4 Å². The molecule has 0 aromatic carbocycles. The molecule has 2 heterocycles. The molecule has 4 nitrogen and oxygen atoms in total. The van der Waals surface area contributed by atoms with E-state index in [1.54, 1.807) is 12.4 Å². The maximum absolute atomic E-state index is 6.10. The Hall–Kier alpha value is -1.16. The highest BCUT2D eigenvalue weighted by Crippen LogP contribution is 2.22. The van der Waals surface area contributed by atoms with Crippen LogP contribution in [0.2, 0.25) is 0 Å². The summed E-state index contributed by atoms with van der Waals surface area (Å²) in [6.45, 7) is 4.09. The smallest absolute Gasteiger partial charge is 0.225 e. The largest absolute Gasteiger partial charge is 0.339 e. The van der Waals surface area contributed by atoms with Crippen LogP contribution in [0, 0.1) is 5.92 Å². The van der Waals surface area contributed by atoms with Gasteiger partial charge < -0.3 is 10.6 Å². The van der Waals surface area contributed by atoms with Crippen LogP contribution in [-0.4, -0.2) is 29.1 Å². The molecule has 0 aliphatic carbocycles. The molecule has 0 radical (unpaired) electrons. The molecule has 0 saturated carbocycles. The first-order valence-corrected chi connectivity index (χ1v) is 5.58. The highest BCUT2D eigenvalue weighted by molar-refractivity contribution is 5.31. The zero-order valence-electron chi connectivity index (χ0n) is 9.13. The fraction of sp³-hybridized carbons (Fsp3) is 0.636. The zero-order chi connectivity index (χ0) is 10.7. The van der Waals surface area contributed by atoms with Crippen LogP contribution in [0.4, 0.5) is 5.95 Å². The van der Waals surface area contributed by atoms with E-state index in [-0.39, 0.29) is 6.04 Å². The Morgan fingerprint density at radius 2 is 2.13 bits per heavy atom. The van der Waals surface area contributed by atoms with Gasteiger partial charge in [-0.1, -0.05) is 13.3 Å². The maximum Gasteiger partial charge on any atom is 0.225 e. The summed E-state index contributed by atoms with van der Waals surface area (Å²) in [7, 11) is 0. The Morgan fingerprint density at radius 1 is 1.40 bits per heavy atom. The van der Waals surface area contributed by atoms with Crippen LogP contribution >= 0.6 is 0 Å². The number of hydrogen-bond donors (Lipinski definition) is 1. The number of hydrogen-bond acceptors (Lipinski definition) is 4. The van der Waals surface area contributed by atoms with E-state index in [4.69, 9.17) is 5.73 Å². The molecule has 1 fully saturated rings. The van der Waals surface area contributed by atoms with Crippen molar-refractivity contribution in [3.63, 3.8) is 0 Å². The number of anilines is 1. The molecule has 2 N–H and O–H groups in total. The summed E-state index contributed by atoms with van der Waals surface area (Å²) >= 11 is 0. The van der Waals surface area contributed by atoms with Gasteiger partial charge in [0.2, 0.25) is 5.95 Å². The molecule has 0 amide bonds. The van der Waals surface area contributed by atoms with Gasteiger partial charge in [0.1, 0.15) is 0 Å². The number of aromatic nitrogens is 2. The lowest BCUT2D eigenvalue weighted by Crippen LogP contribution is -2.29. The van der Waals surface area contributed by atoms with Crippen molar-refractivity contribution in [1.29, 1.82) is 0 Å². The maximum atomic E-state index is 6.10. The first-order valence-electron chi connectivity index (χ1n) is 5.58. The minimum absolute atomic E-state index is 0.272. The summed E-state index contributed by atoms with van der Waals surface area (Å²) in [4.78, 5) is 10.7. The van der Waals surface area contributed by atoms with E-state index in [1.165, 1.54) is 12.8 Å². The molecule has 1 aliphatic heterocycles. The lowest BCUT2D eigenvalue weighted by Gasteiger charge is -2.14. The van der Waals surface area contributed by atoms with E-state index in [2.05, 4.69) is 21.8 Å². The fourth-order valence-corrected chi connectivity index (χ4v) is 2.19. The Labute approximate surface area is 90.5 Å². The molecular formula is C11H18N4. The van der Waals surface area contributed by atoms with Gasteiger partial charge in [0.15, 0.2) is 0 Å². The van der Waals surface area contributed by atoms with Gasteiger partial charge in [0, 0.05) is 31.5 Å². The van der Waals surface area contributed by atoms with Crippen molar-refractivity contribution in [3.8, 4) is 0 Å². The molecule has 0 bridgehead atoms. The zero-order valence-corrected chi connectivity index (χ0v) is 9.13. The standard InChI is InChI=1S/C11H18N4/c1-2-4-9-7-15(8-10(9)12)11-13-5-3-6-14-11/h3,5-6,9-10H,2,4,7-8,12H2,1H3/t9-,10-/m1/s1. The molecule has 2 atom stereocenters. The minimum atomic E-state index is 0.272. The van der Waals surface area contributed by atoms with E-state index >= 15 is 0 Å². The molecule has 15 heavy (non-hydrogen) atoms. The average Bonchev–Trinajstić information content (AvgIpc) is 2.63. The number of nitrogens with zero attached hydrogens (tertiary/aromatic N) is 3. The molecule has 1 aliphatic rings. The summed E-state index contributed by atoms with van der Waals surface area (Å²) in [5.41, 5.74) is 6.10. The lowest BCUT2D eigenvalue weighted by atomic mass is 9.99. The molecule has 0 spiro atoms. The van der Waals surface area contributed by atoms with Gasteiger partial charge >= 0.3 is 0 Å². The van der Waals surface area contributed by atoms with Crippen molar-refractivity contribution in [3.05, 3.63) is 18.5 Å². The monoisotopic (exact) mass is 206 g/mol. The predicted molar refractivity (Wildman–Crippen MR) is 60.6 cm³/mol. The summed E-state index contributed by atoms with van der Waals surface area (Å²) in [6, 6.07) is 2.11. The third-order valence-electron chi connectivity index (χ3n) is 2.99. The summed E-state index contributed by atoms with van der Waals surface area (Å²) < 4.78 is 0. The van der Waals surface area contributed by atoms with E-state index in [0.29, 0.717) is 5.92 Å². The summed E-state index contributed by atoms with van der Waals surface area (Å²) in [5, 5.41) is 0. The Kier molecular flexibility index (Phi) is 3.16. The molecule has 0 unspecified atom stereocenters. The first kappa shape index (κ1) is 10.4. The SMILES string of the molecule is CCC[C@@H]1CN(c2ncccn2)C[C@H]1N. The predicted octanol–water partition coefficient (Wildman–Crippen LogP) is 1.04. The molecule has 82 valence electrons. The summed E-state index contributed by atoms with van der Waals surface area (Å²) in [6.07, 6.45) is 5.95. The van der Waals surface area contributed by atoms with Crippen molar-refractivity contribution in [1.82, 2.24) is 9.97 Å². The van der Waals surface area contributed by atoms with E-state index in [0.717, 1.165) is 19.0 Å². The molecular weight excluding hydrogens is 188 g/mol. The lowest BCUT2D eigenvalue weighted by molar-refractivity contribution is 0.472. The van der Waals surface area contributed by atoms with Crippen LogP contribution in [-0.2, 0) is 0 Å². The Morgan fingerprint density at radius 3 is 2.80 bits per heavy atom. The first-order chi connectivity index (χ1) is 7.31. The van der Waals surface area contributed by atoms with Gasteiger partial charge in [0.25, 0.3) is 0 Å². The van der Waals surface area contributed by atoms with Gasteiger partial charge in [-0.15, -0.1) is 0 Å². The van der Waals surface area contributed by atoms with Crippen LogP contribution in [0.25, 0.3) is 0 Å². The van der Waals surface area contributed by atoms with Crippen LogP contribution in [0.1, 0.15) is 19.8 Å². The molecule has 1 saturated heterocycles. The van der Waals surface area contributed by atoms with Crippen molar-refractivity contribution in [2.75, 3.05) is 18.0 Å². The van der Waals surface area contributed by atoms with Crippen molar-refractivity contribution < 1.29 is 0 Å². The third-order valence-corrected chi connectivity index (χ3v) is 2.99. The second-order valence-corrected chi connectivity index (χ2v) is 4.17. The quantitative estimate of drug-likeness (QED) is 0.803. The molecule has 4 heteroatoms. The van der Waals surface area contributed by atoms with Crippen LogP contribution in [0.3, 0.4) is 0 Å². The third kappa shape index (κ3) is 2.26. The molecule has 2 rings (SSSR count). The van der Waals surface area contributed by atoms with Gasteiger partial charge in [-0.2, -0.15) is 0 Å². The fourth-order valence-electron chi connectivity index (χ4n) is 2.19. The van der Waals surface area contributed by atoms with E-state index in [1.807, 2.05) is 6.07 Å². The van der Waals surface area contributed by atoms with Gasteiger partial charge in [-0.25, -0.2) is 9.97 Å². The normalized spacial score (nSPS) is 25.9. The van der Waals surface area contributed by atoms with Crippen LogP contribution in [0.15, 0.2) is 18.5 Å². The van der Waals surface area contributed by atoms with Crippen LogP contribution < -0.4 is 10.6 Å². The van der Waals surface area contributed by atoms with Gasteiger partial charge in [0.05, 0.1) is 0 Å². The number of nitrogens with two attached hydrogens (primary N) is 1. The second-order valence-electron chi connectivity index (χ2n) is 4.17. The van der Waals surface area contributed by atoms with Gasteiger partial charge in [-0.3, -0.25) is 0 Å². The van der Waals surface area contributed by atoms with E-state index < -0.39 is 0 Å². The average molecular weight is 206 g/mol. The number of rotatable bonds is 3. The van der Waals surface area contributed by atoms with E-state index in [9.17, 15) is 0 Å². The molecule has 1 aromatic heterocycles. The van der Waals surface area contributed by atoms with Crippen LogP contribution in [0.5, 0.6) is 0 Å². The molecule has 1 aromatic rings. The second kappa shape index (κ2) is 4.57. The Bertz CT molecular complexity index is 301. The van der Waals surface area contributed by atoms with Crippen molar-refractivity contribution in [2.24, 2.45) is 11.7 Å². The summed E-state index contributed by atoms with van der Waals surface area (Å²) in [5.74, 6) is 1.41. The highest BCUT2D eigenvalue weighted by Gasteiger charge is 2.30. The van der Waals surface area contributed by atoms with Crippen molar-refractivity contribution >= 4 is 5.95 Å². The van der Waals surface area contributed by atoms with Crippen molar-refractivity contribution in [2.45, 2.75) is 25.8 Å². The highest BCUT2D eigenvalue weighted by atomic mass is 15.3. The topological polar surface area (TPSA) is 55.0 Å². The Balaban J connectivity index is 2.03.